The molecule has 0 saturated heterocycles. The van der Waals surface area contributed by atoms with Crippen molar-refractivity contribution in [1.82, 2.24) is 20.1 Å². The zero-order valence-electron chi connectivity index (χ0n) is 11.2. The topological polar surface area (TPSA) is 79.8 Å². The molecule has 0 spiro atoms. The van der Waals surface area contributed by atoms with Crippen molar-refractivity contribution >= 4 is 5.91 Å². The second-order valence-corrected chi connectivity index (χ2v) is 5.08. The first-order valence-electron chi connectivity index (χ1n) is 6.64. The van der Waals surface area contributed by atoms with E-state index in [1.54, 1.807) is 31.4 Å². The highest BCUT2D eigenvalue weighted by Gasteiger charge is 2.22. The number of hydrogen-bond donors (Lipinski definition) is 2. The number of aromatic amines is 1. The van der Waals surface area contributed by atoms with Crippen LogP contribution in [0.5, 0.6) is 0 Å². The van der Waals surface area contributed by atoms with E-state index in [0.717, 1.165) is 24.1 Å². The minimum atomic E-state index is -0.111. The minimum absolute atomic E-state index is 0.0483. The molecule has 2 heterocycles. The van der Waals surface area contributed by atoms with Crippen molar-refractivity contribution < 1.29 is 4.79 Å². The van der Waals surface area contributed by atoms with Crippen LogP contribution >= 0.6 is 0 Å². The summed E-state index contributed by atoms with van der Waals surface area (Å²) >= 11 is 0. The molecule has 2 aromatic heterocycles. The number of aryl methyl sites for hydroxylation is 2. The molecule has 3 rings (SSSR count). The van der Waals surface area contributed by atoms with Crippen LogP contribution in [0.1, 0.15) is 28.2 Å². The van der Waals surface area contributed by atoms with Crippen LogP contribution in [0.4, 0.5) is 0 Å². The first-order chi connectivity index (χ1) is 9.63. The Balaban J connectivity index is 1.74. The lowest BCUT2D eigenvalue weighted by molar-refractivity contribution is 0.0929. The number of aromatic nitrogens is 3. The van der Waals surface area contributed by atoms with E-state index >= 15 is 0 Å². The predicted octanol–water partition coefficient (Wildman–Crippen LogP) is 0.396. The Hall–Kier alpha value is -2.37. The number of nitrogens with zero attached hydrogens (tertiary/aromatic N) is 2. The molecule has 6 nitrogen and oxygen atoms in total. The van der Waals surface area contributed by atoms with Gasteiger partial charge >= 0.3 is 0 Å². The lowest BCUT2D eigenvalue weighted by atomic mass is 9.92. The minimum Gasteiger partial charge on any atom is -0.357 e. The Labute approximate surface area is 115 Å². The number of carbonyl (C=O) groups is 1. The molecule has 0 fully saturated rings. The lowest BCUT2D eigenvalue weighted by Gasteiger charge is -2.24. The Kier molecular flexibility index (Phi) is 3.14. The smallest absolute Gasteiger partial charge is 0.267 e. The molecule has 20 heavy (non-hydrogen) atoms. The van der Waals surface area contributed by atoms with Crippen LogP contribution in [0.25, 0.3) is 0 Å². The second kappa shape index (κ2) is 4.96. The van der Waals surface area contributed by atoms with Gasteiger partial charge in [-0.15, -0.1) is 0 Å². The predicted molar refractivity (Wildman–Crippen MR) is 73.5 cm³/mol. The molecule has 1 amide bonds. The number of rotatable bonds is 2. The van der Waals surface area contributed by atoms with Gasteiger partial charge in [0, 0.05) is 25.4 Å². The highest BCUT2D eigenvalue weighted by molar-refractivity contribution is 5.92. The van der Waals surface area contributed by atoms with Gasteiger partial charge in [-0.05, 0) is 37.0 Å². The van der Waals surface area contributed by atoms with Gasteiger partial charge in [0.1, 0.15) is 5.69 Å². The van der Waals surface area contributed by atoms with Crippen LogP contribution in [0.15, 0.2) is 29.2 Å². The maximum Gasteiger partial charge on any atom is 0.267 e. The normalized spacial score (nSPS) is 17.6. The van der Waals surface area contributed by atoms with Gasteiger partial charge in [0.25, 0.3) is 11.5 Å². The standard InChI is InChI=1S/C14H16N4O2/c1-18-13(19)8-9-7-10(4-5-11(9)17-18)16-14(20)12-3-2-6-15-12/h2-3,6,8,10,15H,4-5,7H2,1H3,(H,16,20)/t10-/m1/s1. The van der Waals surface area contributed by atoms with E-state index in [2.05, 4.69) is 15.4 Å². The van der Waals surface area contributed by atoms with Crippen LogP contribution in [0, 0.1) is 0 Å². The molecule has 2 aromatic rings. The summed E-state index contributed by atoms with van der Waals surface area (Å²) in [5, 5.41) is 7.25. The Morgan fingerprint density at radius 1 is 1.55 bits per heavy atom. The highest BCUT2D eigenvalue weighted by Crippen LogP contribution is 2.18. The largest absolute Gasteiger partial charge is 0.357 e. The maximum atomic E-state index is 12.0. The SMILES string of the molecule is Cn1nc2c(cc1=O)C[C@H](NC(=O)c1ccc[nH]1)CC2. The van der Waals surface area contributed by atoms with E-state index in [0.29, 0.717) is 12.1 Å². The fourth-order valence-electron chi connectivity index (χ4n) is 2.54. The molecule has 0 unspecified atom stereocenters. The van der Waals surface area contributed by atoms with Crippen molar-refractivity contribution in [3.8, 4) is 0 Å². The summed E-state index contributed by atoms with van der Waals surface area (Å²) in [4.78, 5) is 26.5. The molecule has 0 bridgehead atoms. The van der Waals surface area contributed by atoms with Crippen LogP contribution in [-0.4, -0.2) is 26.7 Å². The van der Waals surface area contributed by atoms with Crippen molar-refractivity contribution in [2.45, 2.75) is 25.3 Å². The summed E-state index contributed by atoms with van der Waals surface area (Å²) in [6.07, 6.45) is 3.99. The summed E-state index contributed by atoms with van der Waals surface area (Å²) in [6, 6.07) is 5.20. The molecule has 1 aliphatic rings. The van der Waals surface area contributed by atoms with Crippen LogP contribution in [0.2, 0.25) is 0 Å². The van der Waals surface area contributed by atoms with Crippen LogP contribution in [0.3, 0.4) is 0 Å². The summed E-state index contributed by atoms with van der Waals surface area (Å²) in [5.41, 5.74) is 2.34. The average Bonchev–Trinajstić information content (AvgIpc) is 2.94. The highest BCUT2D eigenvalue weighted by atomic mass is 16.2. The second-order valence-electron chi connectivity index (χ2n) is 5.08. The number of H-pyrrole nitrogens is 1. The zero-order valence-corrected chi connectivity index (χ0v) is 11.2. The average molecular weight is 272 g/mol. The van der Waals surface area contributed by atoms with E-state index in [-0.39, 0.29) is 17.5 Å². The fourth-order valence-corrected chi connectivity index (χ4v) is 2.54. The maximum absolute atomic E-state index is 12.0. The summed E-state index contributed by atoms with van der Waals surface area (Å²) in [7, 11) is 1.65. The third kappa shape index (κ3) is 2.36. The van der Waals surface area contributed by atoms with Crippen molar-refractivity contribution in [1.29, 1.82) is 0 Å². The molecular weight excluding hydrogens is 256 g/mol. The van der Waals surface area contributed by atoms with Gasteiger partial charge in [0.2, 0.25) is 0 Å². The fraction of sp³-hybridized carbons (Fsp3) is 0.357. The number of carbonyl (C=O) groups excluding carboxylic acids is 1. The van der Waals surface area contributed by atoms with E-state index in [4.69, 9.17) is 0 Å². The number of nitrogens with one attached hydrogen (secondary N) is 2. The molecule has 0 saturated carbocycles. The number of hydrogen-bond acceptors (Lipinski definition) is 3. The molecule has 0 aliphatic heterocycles. The summed E-state index contributed by atoms with van der Waals surface area (Å²) in [5.74, 6) is -0.111. The number of amides is 1. The van der Waals surface area contributed by atoms with E-state index < -0.39 is 0 Å². The van der Waals surface area contributed by atoms with Crippen molar-refractivity contribution in [2.75, 3.05) is 0 Å². The van der Waals surface area contributed by atoms with Crippen LogP contribution in [-0.2, 0) is 19.9 Å². The van der Waals surface area contributed by atoms with Gasteiger partial charge in [0.05, 0.1) is 5.69 Å². The quantitative estimate of drug-likeness (QED) is 0.830. The van der Waals surface area contributed by atoms with Gasteiger partial charge in [-0.3, -0.25) is 9.59 Å². The first-order valence-corrected chi connectivity index (χ1v) is 6.64. The first kappa shape index (κ1) is 12.7. The molecular formula is C14H16N4O2. The van der Waals surface area contributed by atoms with Crippen molar-refractivity contribution in [2.24, 2.45) is 7.05 Å². The molecule has 2 N–H and O–H groups in total. The van der Waals surface area contributed by atoms with E-state index in [1.807, 2.05) is 0 Å². The Morgan fingerprint density at radius 2 is 2.40 bits per heavy atom. The molecule has 1 aliphatic carbocycles. The summed E-state index contributed by atoms with van der Waals surface area (Å²) in [6.45, 7) is 0. The monoisotopic (exact) mass is 272 g/mol. The third-order valence-electron chi connectivity index (χ3n) is 3.63. The van der Waals surface area contributed by atoms with E-state index in [1.165, 1.54) is 4.68 Å². The van der Waals surface area contributed by atoms with Gasteiger partial charge in [-0.2, -0.15) is 5.10 Å². The Bertz CT molecular complexity index is 688. The molecule has 1 atom stereocenters. The van der Waals surface area contributed by atoms with Crippen molar-refractivity contribution in [3.05, 3.63) is 51.7 Å². The summed E-state index contributed by atoms with van der Waals surface area (Å²) < 4.78 is 1.36. The molecule has 104 valence electrons. The zero-order chi connectivity index (χ0) is 14.1. The number of fused-ring (bicyclic) bond motifs is 1. The molecule has 6 heteroatoms. The van der Waals surface area contributed by atoms with E-state index in [9.17, 15) is 9.59 Å². The van der Waals surface area contributed by atoms with Gasteiger partial charge in [-0.25, -0.2) is 4.68 Å². The van der Waals surface area contributed by atoms with Crippen molar-refractivity contribution in [3.63, 3.8) is 0 Å². The third-order valence-corrected chi connectivity index (χ3v) is 3.63. The van der Waals surface area contributed by atoms with Gasteiger partial charge in [-0.1, -0.05) is 0 Å². The molecule has 0 radical (unpaired) electrons. The van der Waals surface area contributed by atoms with Gasteiger partial charge in [0.15, 0.2) is 0 Å². The Morgan fingerprint density at radius 3 is 3.15 bits per heavy atom. The van der Waals surface area contributed by atoms with Gasteiger partial charge < -0.3 is 10.3 Å². The van der Waals surface area contributed by atoms with Crippen LogP contribution < -0.4 is 10.9 Å². The lowest BCUT2D eigenvalue weighted by Crippen LogP contribution is -2.40. The molecule has 0 aromatic carbocycles.